The van der Waals surface area contributed by atoms with Crippen LogP contribution < -0.4 is 9.47 Å². The fraction of sp³-hybridized carbons (Fsp3) is 0.364. The first-order chi connectivity index (χ1) is 13.6. The third-order valence-corrected chi connectivity index (χ3v) is 5.20. The molecule has 0 bridgehead atoms. The summed E-state index contributed by atoms with van der Waals surface area (Å²) in [5.41, 5.74) is 5.78. The van der Waals surface area contributed by atoms with Gasteiger partial charge in [-0.25, -0.2) is 9.97 Å². The number of benzene rings is 1. The fourth-order valence-electron chi connectivity index (χ4n) is 3.86. The van der Waals surface area contributed by atoms with Crippen LogP contribution in [0.3, 0.4) is 0 Å². The molecule has 0 unspecified atom stereocenters. The molecule has 6 heteroatoms. The van der Waals surface area contributed by atoms with Crippen molar-refractivity contribution in [3.8, 4) is 17.4 Å². The van der Waals surface area contributed by atoms with E-state index in [9.17, 15) is 0 Å². The van der Waals surface area contributed by atoms with Crippen LogP contribution in [0.5, 0.6) is 11.5 Å². The molecule has 1 aliphatic heterocycles. The molecule has 1 aromatic carbocycles. The Kier molecular flexibility index (Phi) is 5.05. The lowest BCUT2D eigenvalue weighted by Gasteiger charge is -2.29. The average molecular weight is 378 g/mol. The van der Waals surface area contributed by atoms with E-state index < -0.39 is 0 Å². The van der Waals surface area contributed by atoms with Gasteiger partial charge in [-0.15, -0.1) is 0 Å². The van der Waals surface area contributed by atoms with Gasteiger partial charge in [-0.1, -0.05) is 0 Å². The van der Waals surface area contributed by atoms with Gasteiger partial charge in [0, 0.05) is 42.9 Å². The van der Waals surface area contributed by atoms with E-state index in [4.69, 9.17) is 9.47 Å². The van der Waals surface area contributed by atoms with Crippen LogP contribution in [-0.4, -0.2) is 40.2 Å². The number of fused-ring (bicyclic) bond motifs is 1. The zero-order valence-corrected chi connectivity index (χ0v) is 16.9. The molecule has 0 fully saturated rings. The summed E-state index contributed by atoms with van der Waals surface area (Å²) >= 11 is 0. The fourth-order valence-corrected chi connectivity index (χ4v) is 3.86. The third-order valence-electron chi connectivity index (χ3n) is 5.20. The quantitative estimate of drug-likeness (QED) is 0.681. The van der Waals surface area contributed by atoms with Crippen molar-refractivity contribution in [3.63, 3.8) is 0 Å². The number of methoxy groups -OCH3 is 2. The minimum Gasteiger partial charge on any atom is -0.493 e. The molecule has 28 heavy (non-hydrogen) atoms. The van der Waals surface area contributed by atoms with Gasteiger partial charge in [-0.2, -0.15) is 0 Å². The lowest BCUT2D eigenvalue weighted by Crippen LogP contribution is -2.31. The molecule has 3 heterocycles. The highest BCUT2D eigenvalue weighted by atomic mass is 16.5. The Morgan fingerprint density at radius 2 is 1.64 bits per heavy atom. The monoisotopic (exact) mass is 378 g/mol. The molecule has 0 spiro atoms. The number of hydrogen-bond acceptors (Lipinski definition) is 5. The van der Waals surface area contributed by atoms with Crippen molar-refractivity contribution in [1.82, 2.24) is 19.4 Å². The second-order valence-electron chi connectivity index (χ2n) is 7.26. The third kappa shape index (κ3) is 3.60. The number of rotatable bonds is 5. The van der Waals surface area contributed by atoms with Crippen LogP contribution in [-0.2, 0) is 19.5 Å². The summed E-state index contributed by atoms with van der Waals surface area (Å²) in [6.45, 7) is 6.74. The highest BCUT2D eigenvalue weighted by Gasteiger charge is 2.20. The van der Waals surface area contributed by atoms with Gasteiger partial charge in [0.25, 0.3) is 0 Å². The van der Waals surface area contributed by atoms with Crippen LogP contribution in [0.25, 0.3) is 5.95 Å². The van der Waals surface area contributed by atoms with Gasteiger partial charge in [0.05, 0.1) is 14.2 Å². The van der Waals surface area contributed by atoms with Crippen molar-refractivity contribution < 1.29 is 9.47 Å². The van der Waals surface area contributed by atoms with E-state index >= 15 is 0 Å². The zero-order chi connectivity index (χ0) is 19.7. The van der Waals surface area contributed by atoms with E-state index in [0.717, 1.165) is 54.9 Å². The second-order valence-corrected chi connectivity index (χ2v) is 7.26. The minimum atomic E-state index is 0.737. The standard InChI is InChI=1S/C22H26N4O2/c1-15-10-16(2)24-22(23-15)26-8-5-6-19(26)14-25-9-7-17-11-20(27-3)21(28-4)12-18(17)13-25/h5-6,8,10-12H,7,9,13-14H2,1-4H3. The van der Waals surface area contributed by atoms with E-state index in [2.05, 4.69) is 43.7 Å². The predicted octanol–water partition coefficient (Wildman–Crippen LogP) is 3.46. The molecular formula is C22H26N4O2. The first-order valence-electron chi connectivity index (χ1n) is 9.52. The highest BCUT2D eigenvalue weighted by molar-refractivity contribution is 5.48. The average Bonchev–Trinajstić information content (AvgIpc) is 3.14. The maximum absolute atomic E-state index is 5.48. The van der Waals surface area contributed by atoms with Crippen molar-refractivity contribution >= 4 is 0 Å². The first kappa shape index (κ1) is 18.5. The van der Waals surface area contributed by atoms with E-state index in [0.29, 0.717) is 0 Å². The molecule has 4 rings (SSSR count). The summed E-state index contributed by atoms with van der Waals surface area (Å²) in [5, 5.41) is 0. The van der Waals surface area contributed by atoms with Gasteiger partial charge >= 0.3 is 0 Å². The van der Waals surface area contributed by atoms with E-state index in [1.54, 1.807) is 14.2 Å². The Labute approximate surface area is 165 Å². The molecule has 0 aliphatic carbocycles. The number of aromatic nitrogens is 3. The summed E-state index contributed by atoms with van der Waals surface area (Å²) in [7, 11) is 3.37. The topological polar surface area (TPSA) is 52.4 Å². The van der Waals surface area contributed by atoms with E-state index in [1.165, 1.54) is 16.8 Å². The van der Waals surface area contributed by atoms with Crippen LogP contribution in [0.15, 0.2) is 36.5 Å². The number of hydrogen-bond donors (Lipinski definition) is 0. The zero-order valence-electron chi connectivity index (χ0n) is 16.9. The summed E-state index contributed by atoms with van der Waals surface area (Å²) in [5.74, 6) is 2.33. The van der Waals surface area contributed by atoms with Gasteiger partial charge in [0.1, 0.15) is 0 Å². The van der Waals surface area contributed by atoms with Crippen molar-refractivity contribution in [3.05, 3.63) is 64.7 Å². The van der Waals surface area contributed by atoms with Crippen LogP contribution in [0, 0.1) is 13.8 Å². The Morgan fingerprint density at radius 1 is 0.964 bits per heavy atom. The van der Waals surface area contributed by atoms with Gasteiger partial charge in [0.2, 0.25) is 5.95 Å². The van der Waals surface area contributed by atoms with E-state index in [1.807, 2.05) is 26.1 Å². The minimum absolute atomic E-state index is 0.737. The predicted molar refractivity (Wildman–Crippen MR) is 108 cm³/mol. The Hall–Kier alpha value is -2.86. The maximum atomic E-state index is 5.48. The molecule has 6 nitrogen and oxygen atoms in total. The molecule has 0 amide bonds. The van der Waals surface area contributed by atoms with Crippen molar-refractivity contribution in [2.45, 2.75) is 33.4 Å². The Morgan fingerprint density at radius 3 is 2.32 bits per heavy atom. The van der Waals surface area contributed by atoms with Crippen LogP contribution in [0.4, 0.5) is 0 Å². The molecule has 3 aromatic rings. The van der Waals surface area contributed by atoms with Gasteiger partial charge in [0.15, 0.2) is 11.5 Å². The molecule has 2 aromatic heterocycles. The second kappa shape index (κ2) is 7.64. The number of ether oxygens (including phenoxy) is 2. The smallest absolute Gasteiger partial charge is 0.234 e. The van der Waals surface area contributed by atoms with Gasteiger partial charge in [-0.3, -0.25) is 9.47 Å². The summed E-state index contributed by atoms with van der Waals surface area (Å²) in [6.07, 6.45) is 3.03. The summed E-state index contributed by atoms with van der Waals surface area (Å²) < 4.78 is 13.0. The van der Waals surface area contributed by atoms with Crippen LogP contribution >= 0.6 is 0 Å². The molecule has 0 atom stereocenters. The molecule has 0 saturated carbocycles. The lowest BCUT2D eigenvalue weighted by molar-refractivity contribution is 0.240. The normalized spacial score (nSPS) is 14.0. The van der Waals surface area contributed by atoms with Gasteiger partial charge < -0.3 is 9.47 Å². The van der Waals surface area contributed by atoms with Crippen molar-refractivity contribution in [1.29, 1.82) is 0 Å². The van der Waals surface area contributed by atoms with E-state index in [-0.39, 0.29) is 0 Å². The summed E-state index contributed by atoms with van der Waals surface area (Å²) in [6, 6.07) is 10.4. The van der Waals surface area contributed by atoms with Crippen molar-refractivity contribution in [2.24, 2.45) is 0 Å². The molecular weight excluding hydrogens is 352 g/mol. The first-order valence-corrected chi connectivity index (χ1v) is 9.52. The largest absolute Gasteiger partial charge is 0.493 e. The summed E-state index contributed by atoms with van der Waals surface area (Å²) in [4.78, 5) is 11.7. The van der Waals surface area contributed by atoms with Gasteiger partial charge in [-0.05, 0) is 61.7 Å². The molecule has 0 radical (unpaired) electrons. The molecule has 0 saturated heterocycles. The lowest BCUT2D eigenvalue weighted by atomic mass is 9.98. The number of nitrogens with zero attached hydrogens (tertiary/aromatic N) is 4. The molecule has 146 valence electrons. The maximum Gasteiger partial charge on any atom is 0.234 e. The van der Waals surface area contributed by atoms with Crippen molar-refractivity contribution in [2.75, 3.05) is 20.8 Å². The molecule has 0 N–H and O–H groups in total. The van der Waals surface area contributed by atoms with Crippen LogP contribution in [0.2, 0.25) is 0 Å². The Bertz CT molecular complexity index is 976. The van der Waals surface area contributed by atoms with Crippen LogP contribution in [0.1, 0.15) is 28.2 Å². The molecule has 1 aliphatic rings. The SMILES string of the molecule is COc1cc2c(cc1OC)CN(Cc1cccn1-c1nc(C)cc(C)n1)CC2. The highest BCUT2D eigenvalue weighted by Crippen LogP contribution is 2.33. The number of aryl methyl sites for hydroxylation is 2. The Balaban J connectivity index is 1.57.